The average molecular weight is 397 g/mol. The van der Waals surface area contributed by atoms with Gasteiger partial charge < -0.3 is 9.47 Å². The maximum atomic E-state index is 14.1. The first-order chi connectivity index (χ1) is 14.1. The number of nitriles is 1. The van der Waals surface area contributed by atoms with Crippen molar-refractivity contribution in [2.75, 3.05) is 26.2 Å². The second kappa shape index (κ2) is 9.99. The van der Waals surface area contributed by atoms with Crippen LogP contribution in [0.3, 0.4) is 0 Å². The highest BCUT2D eigenvalue weighted by molar-refractivity contribution is 5.71. The van der Waals surface area contributed by atoms with Gasteiger partial charge in [-0.2, -0.15) is 5.26 Å². The lowest BCUT2D eigenvalue weighted by Gasteiger charge is -2.30. The standard InChI is InChI=1S/C22H24FN3O3/c1-2-28-21(27)14-26-11-9-18(10-12-26)20-8-7-19(23)22(25-20)29-15-17-5-3-16(13-24)4-6-17/h3-8,18H,2,9-12,14-15H2,1H3. The van der Waals surface area contributed by atoms with Crippen LogP contribution in [0.25, 0.3) is 0 Å². The van der Waals surface area contributed by atoms with E-state index >= 15 is 0 Å². The number of aromatic nitrogens is 1. The van der Waals surface area contributed by atoms with E-state index < -0.39 is 5.82 Å². The zero-order valence-electron chi connectivity index (χ0n) is 16.4. The van der Waals surface area contributed by atoms with Crippen LogP contribution in [-0.2, 0) is 16.1 Å². The summed E-state index contributed by atoms with van der Waals surface area (Å²) in [5.74, 6) is -0.515. The Labute approximate surface area is 169 Å². The summed E-state index contributed by atoms with van der Waals surface area (Å²) in [4.78, 5) is 18.1. The number of hydrogen-bond donors (Lipinski definition) is 0. The topological polar surface area (TPSA) is 75.4 Å². The van der Waals surface area contributed by atoms with Crippen molar-refractivity contribution >= 4 is 5.97 Å². The summed E-state index contributed by atoms with van der Waals surface area (Å²) in [6.07, 6.45) is 1.68. The molecule has 2 aromatic rings. The van der Waals surface area contributed by atoms with Crippen molar-refractivity contribution in [3.05, 3.63) is 59.0 Å². The van der Waals surface area contributed by atoms with Crippen LogP contribution in [0.5, 0.6) is 5.88 Å². The van der Waals surface area contributed by atoms with Gasteiger partial charge in [-0.15, -0.1) is 0 Å². The van der Waals surface area contributed by atoms with Gasteiger partial charge in [0.25, 0.3) is 5.88 Å². The van der Waals surface area contributed by atoms with Crippen LogP contribution >= 0.6 is 0 Å². The average Bonchev–Trinajstić information content (AvgIpc) is 2.74. The van der Waals surface area contributed by atoms with Gasteiger partial charge in [0.2, 0.25) is 0 Å². The van der Waals surface area contributed by atoms with Crippen molar-refractivity contribution in [3.63, 3.8) is 0 Å². The molecule has 0 spiro atoms. The summed E-state index contributed by atoms with van der Waals surface area (Å²) in [6.45, 7) is 4.20. The molecule has 7 heteroatoms. The van der Waals surface area contributed by atoms with Gasteiger partial charge in [0.15, 0.2) is 5.82 Å². The van der Waals surface area contributed by atoms with Crippen molar-refractivity contribution in [3.8, 4) is 11.9 Å². The van der Waals surface area contributed by atoms with E-state index in [1.165, 1.54) is 6.07 Å². The molecule has 1 aromatic carbocycles. The molecule has 152 valence electrons. The summed E-state index contributed by atoms with van der Waals surface area (Å²) in [5.41, 5.74) is 2.20. The summed E-state index contributed by atoms with van der Waals surface area (Å²) in [5, 5.41) is 8.84. The summed E-state index contributed by atoms with van der Waals surface area (Å²) < 4.78 is 24.7. The minimum atomic E-state index is -0.498. The van der Waals surface area contributed by atoms with Gasteiger partial charge in [0, 0.05) is 11.6 Å². The Balaban J connectivity index is 1.57. The molecule has 1 saturated heterocycles. The van der Waals surface area contributed by atoms with Gasteiger partial charge in [-0.05, 0) is 62.7 Å². The molecule has 0 bridgehead atoms. The third-order valence-corrected chi connectivity index (χ3v) is 4.96. The Morgan fingerprint density at radius 2 is 1.97 bits per heavy atom. The second-order valence-corrected chi connectivity index (χ2v) is 6.98. The van der Waals surface area contributed by atoms with Gasteiger partial charge in [0.1, 0.15) is 6.61 Å². The van der Waals surface area contributed by atoms with Crippen LogP contribution in [0.4, 0.5) is 4.39 Å². The lowest BCUT2D eigenvalue weighted by atomic mass is 9.93. The number of rotatable bonds is 7. The summed E-state index contributed by atoms with van der Waals surface area (Å²) >= 11 is 0. The fraction of sp³-hybridized carbons (Fsp3) is 0.409. The van der Waals surface area contributed by atoms with Crippen molar-refractivity contribution in [2.24, 2.45) is 0 Å². The zero-order valence-corrected chi connectivity index (χ0v) is 16.4. The molecule has 3 rings (SSSR count). The quantitative estimate of drug-likeness (QED) is 0.667. The first-order valence-corrected chi connectivity index (χ1v) is 9.75. The number of benzene rings is 1. The Kier molecular flexibility index (Phi) is 7.14. The molecule has 0 unspecified atom stereocenters. The highest BCUT2D eigenvalue weighted by Crippen LogP contribution is 2.29. The van der Waals surface area contributed by atoms with Crippen molar-refractivity contribution < 1.29 is 18.7 Å². The molecule has 0 radical (unpaired) electrons. The van der Waals surface area contributed by atoms with Crippen LogP contribution in [0.1, 0.15) is 42.5 Å². The predicted molar refractivity (Wildman–Crippen MR) is 105 cm³/mol. The number of carbonyl (C=O) groups excluding carboxylic acids is 1. The van der Waals surface area contributed by atoms with Gasteiger partial charge in [0.05, 0.1) is 24.8 Å². The van der Waals surface area contributed by atoms with Crippen LogP contribution in [0.15, 0.2) is 36.4 Å². The predicted octanol–water partition coefficient (Wildman–Crippen LogP) is 3.41. The molecule has 6 nitrogen and oxygen atoms in total. The van der Waals surface area contributed by atoms with E-state index in [2.05, 4.69) is 16.0 Å². The molecular weight excluding hydrogens is 373 g/mol. The van der Waals surface area contributed by atoms with Gasteiger partial charge in [-0.1, -0.05) is 12.1 Å². The second-order valence-electron chi connectivity index (χ2n) is 6.98. The molecule has 1 fully saturated rings. The molecule has 0 saturated carbocycles. The largest absolute Gasteiger partial charge is 0.471 e. The van der Waals surface area contributed by atoms with Crippen molar-refractivity contribution in [1.82, 2.24) is 9.88 Å². The number of esters is 1. The minimum absolute atomic E-state index is 0.0131. The lowest BCUT2D eigenvalue weighted by Crippen LogP contribution is -2.37. The van der Waals surface area contributed by atoms with Crippen molar-refractivity contribution in [2.45, 2.75) is 32.3 Å². The van der Waals surface area contributed by atoms with E-state index in [1.807, 2.05) is 0 Å². The lowest BCUT2D eigenvalue weighted by molar-refractivity contribution is -0.144. The molecule has 1 aliphatic rings. The zero-order chi connectivity index (χ0) is 20.6. The Hall–Kier alpha value is -2.98. The highest BCUT2D eigenvalue weighted by Gasteiger charge is 2.24. The first kappa shape index (κ1) is 20.7. The van der Waals surface area contributed by atoms with Crippen LogP contribution < -0.4 is 4.74 Å². The van der Waals surface area contributed by atoms with Crippen molar-refractivity contribution in [1.29, 1.82) is 5.26 Å². The van der Waals surface area contributed by atoms with Gasteiger partial charge in [-0.25, -0.2) is 9.37 Å². The van der Waals surface area contributed by atoms with Gasteiger partial charge in [-0.3, -0.25) is 9.69 Å². The molecule has 0 N–H and O–H groups in total. The number of ether oxygens (including phenoxy) is 2. The van der Waals surface area contributed by atoms with E-state index in [-0.39, 0.29) is 24.4 Å². The fourth-order valence-electron chi connectivity index (χ4n) is 3.37. The van der Waals surface area contributed by atoms with E-state index in [1.54, 1.807) is 37.3 Å². The molecule has 29 heavy (non-hydrogen) atoms. The maximum Gasteiger partial charge on any atom is 0.320 e. The number of nitrogens with zero attached hydrogens (tertiary/aromatic N) is 3. The molecule has 0 atom stereocenters. The number of pyridine rings is 1. The van der Waals surface area contributed by atoms with Crippen LogP contribution in [0, 0.1) is 17.1 Å². The third kappa shape index (κ3) is 5.75. The van der Waals surface area contributed by atoms with E-state index in [4.69, 9.17) is 14.7 Å². The monoisotopic (exact) mass is 397 g/mol. The summed E-state index contributed by atoms with van der Waals surface area (Å²) in [6, 6.07) is 12.1. The number of likely N-dealkylation sites (tertiary alicyclic amines) is 1. The highest BCUT2D eigenvalue weighted by atomic mass is 19.1. The Morgan fingerprint density at radius 1 is 1.24 bits per heavy atom. The SMILES string of the molecule is CCOC(=O)CN1CCC(c2ccc(F)c(OCc3ccc(C#N)cc3)n2)CC1. The van der Waals surface area contributed by atoms with Crippen LogP contribution in [0.2, 0.25) is 0 Å². The number of halogens is 1. The number of carbonyl (C=O) groups is 1. The third-order valence-electron chi connectivity index (χ3n) is 4.96. The fourth-order valence-corrected chi connectivity index (χ4v) is 3.37. The Morgan fingerprint density at radius 3 is 2.62 bits per heavy atom. The van der Waals surface area contributed by atoms with E-state index in [0.29, 0.717) is 18.7 Å². The van der Waals surface area contributed by atoms with E-state index in [9.17, 15) is 9.18 Å². The first-order valence-electron chi connectivity index (χ1n) is 9.75. The Bertz CT molecular complexity index is 872. The number of piperidine rings is 1. The molecular formula is C22H24FN3O3. The maximum absolute atomic E-state index is 14.1. The summed E-state index contributed by atoms with van der Waals surface area (Å²) in [7, 11) is 0. The number of hydrogen-bond acceptors (Lipinski definition) is 6. The molecule has 1 aromatic heterocycles. The molecule has 2 heterocycles. The van der Waals surface area contributed by atoms with Crippen LogP contribution in [-0.4, -0.2) is 42.1 Å². The normalized spacial score (nSPS) is 14.9. The molecule has 0 aliphatic carbocycles. The van der Waals surface area contributed by atoms with Gasteiger partial charge >= 0.3 is 5.97 Å². The van der Waals surface area contributed by atoms with E-state index in [0.717, 1.165) is 37.2 Å². The molecule has 0 amide bonds. The molecule has 1 aliphatic heterocycles. The smallest absolute Gasteiger partial charge is 0.320 e. The minimum Gasteiger partial charge on any atom is -0.471 e.